The third-order valence-electron chi connectivity index (χ3n) is 3.06. The van der Waals surface area contributed by atoms with Gasteiger partial charge in [0, 0.05) is 50.7 Å². The molecular formula is C11H18N4O2S. The number of aromatic nitrogens is 2. The summed E-state index contributed by atoms with van der Waals surface area (Å²) in [6.45, 7) is 6.29. The van der Waals surface area contributed by atoms with E-state index in [9.17, 15) is 4.79 Å². The van der Waals surface area contributed by atoms with E-state index in [4.69, 9.17) is 5.11 Å². The minimum atomic E-state index is -0.728. The Bertz CT molecular complexity index is 402. The molecule has 0 aromatic carbocycles. The third-order valence-corrected chi connectivity index (χ3v) is 3.87. The van der Waals surface area contributed by atoms with Gasteiger partial charge in [0.2, 0.25) is 5.13 Å². The number of carboxylic acids is 1. The fourth-order valence-electron chi connectivity index (χ4n) is 1.93. The fraction of sp³-hybridized carbons (Fsp3) is 0.727. The summed E-state index contributed by atoms with van der Waals surface area (Å²) in [5, 5.41) is 9.64. The van der Waals surface area contributed by atoms with Crippen molar-refractivity contribution in [1.29, 1.82) is 0 Å². The van der Waals surface area contributed by atoms with E-state index in [1.165, 1.54) is 11.5 Å². The number of piperazine rings is 1. The molecule has 0 atom stereocenters. The van der Waals surface area contributed by atoms with Gasteiger partial charge in [-0.3, -0.25) is 9.69 Å². The Morgan fingerprint density at radius 3 is 2.67 bits per heavy atom. The second kappa shape index (κ2) is 6.10. The van der Waals surface area contributed by atoms with Crippen LogP contribution in [0.25, 0.3) is 0 Å². The Morgan fingerprint density at radius 2 is 2.11 bits per heavy atom. The molecule has 1 aromatic heterocycles. The first-order chi connectivity index (χ1) is 8.69. The highest BCUT2D eigenvalue weighted by Gasteiger charge is 2.19. The summed E-state index contributed by atoms with van der Waals surface area (Å²) in [5.41, 5.74) is 0. The first-order valence-electron chi connectivity index (χ1n) is 6.20. The molecule has 0 radical (unpaired) electrons. The van der Waals surface area contributed by atoms with Crippen molar-refractivity contribution in [3.8, 4) is 0 Å². The van der Waals surface area contributed by atoms with Gasteiger partial charge in [0.25, 0.3) is 0 Å². The van der Waals surface area contributed by atoms with Gasteiger partial charge >= 0.3 is 5.97 Å². The topological polar surface area (TPSA) is 69.6 Å². The summed E-state index contributed by atoms with van der Waals surface area (Å²) in [6, 6.07) is 0. The lowest BCUT2D eigenvalue weighted by atomic mass is 10.3. The van der Waals surface area contributed by atoms with Gasteiger partial charge in [0.15, 0.2) is 0 Å². The molecule has 0 bridgehead atoms. The number of aliphatic carboxylic acids is 1. The molecule has 0 aliphatic carbocycles. The van der Waals surface area contributed by atoms with E-state index in [2.05, 4.69) is 26.1 Å². The van der Waals surface area contributed by atoms with Gasteiger partial charge < -0.3 is 10.0 Å². The molecule has 0 amide bonds. The number of carbonyl (C=O) groups is 1. The molecule has 1 N–H and O–H groups in total. The summed E-state index contributed by atoms with van der Waals surface area (Å²) in [7, 11) is 0. The van der Waals surface area contributed by atoms with Crippen LogP contribution in [-0.2, 0) is 11.2 Å². The van der Waals surface area contributed by atoms with E-state index in [0.29, 0.717) is 6.54 Å². The normalized spacial score (nSPS) is 17.1. The Morgan fingerprint density at radius 1 is 1.39 bits per heavy atom. The Balaban J connectivity index is 1.81. The highest BCUT2D eigenvalue weighted by Crippen LogP contribution is 2.19. The van der Waals surface area contributed by atoms with Gasteiger partial charge in [-0.05, 0) is 0 Å². The van der Waals surface area contributed by atoms with E-state index >= 15 is 0 Å². The molecule has 2 rings (SSSR count). The fourth-order valence-corrected chi connectivity index (χ4v) is 2.73. The van der Waals surface area contributed by atoms with E-state index in [-0.39, 0.29) is 6.42 Å². The summed E-state index contributed by atoms with van der Waals surface area (Å²) >= 11 is 1.45. The molecule has 0 saturated carbocycles. The lowest BCUT2D eigenvalue weighted by Crippen LogP contribution is -2.46. The maximum absolute atomic E-state index is 10.5. The SMILES string of the molecule is CCc1nsc(N2CCN(CCC(=O)O)CC2)n1. The molecule has 0 unspecified atom stereocenters. The van der Waals surface area contributed by atoms with Crippen LogP contribution in [0.5, 0.6) is 0 Å². The molecular weight excluding hydrogens is 252 g/mol. The van der Waals surface area contributed by atoms with E-state index in [0.717, 1.165) is 43.6 Å². The highest BCUT2D eigenvalue weighted by molar-refractivity contribution is 7.09. The maximum atomic E-state index is 10.5. The van der Waals surface area contributed by atoms with Gasteiger partial charge in [0.1, 0.15) is 5.82 Å². The van der Waals surface area contributed by atoms with Crippen LogP contribution in [0.15, 0.2) is 0 Å². The van der Waals surface area contributed by atoms with Crippen LogP contribution in [0.3, 0.4) is 0 Å². The molecule has 0 spiro atoms. The molecule has 1 saturated heterocycles. The van der Waals surface area contributed by atoms with Crippen molar-refractivity contribution in [2.24, 2.45) is 0 Å². The van der Waals surface area contributed by atoms with Crippen LogP contribution in [0.2, 0.25) is 0 Å². The Kier molecular flexibility index (Phi) is 4.48. The molecule has 7 heteroatoms. The van der Waals surface area contributed by atoms with Crippen LogP contribution in [0, 0.1) is 0 Å². The first kappa shape index (κ1) is 13.2. The largest absolute Gasteiger partial charge is 0.481 e. The summed E-state index contributed by atoms with van der Waals surface area (Å²) in [4.78, 5) is 19.4. The number of rotatable bonds is 5. The predicted octanol–water partition coefficient (Wildman–Crippen LogP) is 0.697. The molecule has 18 heavy (non-hydrogen) atoms. The van der Waals surface area contributed by atoms with Crippen LogP contribution < -0.4 is 4.90 Å². The standard InChI is InChI=1S/C11H18N4O2S/c1-2-9-12-11(18-13-9)15-7-5-14(6-8-15)4-3-10(16)17/h2-8H2,1H3,(H,16,17). The molecule has 1 aliphatic heterocycles. The average Bonchev–Trinajstić information content (AvgIpc) is 2.85. The zero-order chi connectivity index (χ0) is 13.0. The number of hydrogen-bond acceptors (Lipinski definition) is 6. The minimum absolute atomic E-state index is 0.221. The lowest BCUT2D eigenvalue weighted by Gasteiger charge is -2.33. The van der Waals surface area contributed by atoms with Crippen molar-refractivity contribution in [2.75, 3.05) is 37.6 Å². The van der Waals surface area contributed by atoms with Crippen LogP contribution >= 0.6 is 11.5 Å². The zero-order valence-electron chi connectivity index (χ0n) is 10.5. The van der Waals surface area contributed by atoms with Crippen molar-refractivity contribution in [1.82, 2.24) is 14.3 Å². The van der Waals surface area contributed by atoms with Gasteiger partial charge in [0.05, 0.1) is 6.42 Å². The summed E-state index contributed by atoms with van der Waals surface area (Å²) in [6.07, 6.45) is 1.09. The second-order valence-corrected chi connectivity index (χ2v) is 5.05. The van der Waals surface area contributed by atoms with Gasteiger partial charge in [-0.25, -0.2) is 4.98 Å². The Labute approximate surface area is 110 Å². The number of aryl methyl sites for hydroxylation is 1. The third kappa shape index (κ3) is 3.39. The summed E-state index contributed by atoms with van der Waals surface area (Å²) < 4.78 is 4.29. The monoisotopic (exact) mass is 270 g/mol. The van der Waals surface area contributed by atoms with E-state index < -0.39 is 5.97 Å². The number of carboxylic acid groups (broad SMARTS) is 1. The molecule has 6 nitrogen and oxygen atoms in total. The molecule has 100 valence electrons. The van der Waals surface area contributed by atoms with Crippen molar-refractivity contribution in [3.63, 3.8) is 0 Å². The quantitative estimate of drug-likeness (QED) is 0.849. The average molecular weight is 270 g/mol. The van der Waals surface area contributed by atoms with Gasteiger partial charge in [-0.2, -0.15) is 4.37 Å². The van der Waals surface area contributed by atoms with Crippen molar-refractivity contribution in [3.05, 3.63) is 5.82 Å². The zero-order valence-corrected chi connectivity index (χ0v) is 11.3. The number of hydrogen-bond donors (Lipinski definition) is 1. The number of nitrogens with zero attached hydrogens (tertiary/aromatic N) is 4. The predicted molar refractivity (Wildman–Crippen MR) is 70.2 cm³/mol. The van der Waals surface area contributed by atoms with Crippen molar-refractivity contribution >= 4 is 22.6 Å². The minimum Gasteiger partial charge on any atom is -0.481 e. The molecule has 1 fully saturated rings. The molecule has 1 aliphatic rings. The van der Waals surface area contributed by atoms with E-state index in [1.807, 2.05) is 0 Å². The molecule has 2 heterocycles. The lowest BCUT2D eigenvalue weighted by molar-refractivity contribution is -0.137. The smallest absolute Gasteiger partial charge is 0.304 e. The van der Waals surface area contributed by atoms with E-state index in [1.54, 1.807) is 0 Å². The van der Waals surface area contributed by atoms with Gasteiger partial charge in [-0.1, -0.05) is 6.92 Å². The van der Waals surface area contributed by atoms with Crippen molar-refractivity contribution in [2.45, 2.75) is 19.8 Å². The molecule has 1 aromatic rings. The van der Waals surface area contributed by atoms with Crippen LogP contribution in [0.4, 0.5) is 5.13 Å². The summed E-state index contributed by atoms with van der Waals surface area (Å²) in [5.74, 6) is 0.178. The van der Waals surface area contributed by atoms with Gasteiger partial charge in [-0.15, -0.1) is 0 Å². The maximum Gasteiger partial charge on any atom is 0.304 e. The van der Waals surface area contributed by atoms with Crippen molar-refractivity contribution < 1.29 is 9.90 Å². The van der Waals surface area contributed by atoms with Crippen LogP contribution in [0.1, 0.15) is 19.2 Å². The first-order valence-corrected chi connectivity index (χ1v) is 6.98. The second-order valence-electron chi connectivity index (χ2n) is 4.32. The Hall–Kier alpha value is -1.21. The number of anilines is 1. The highest BCUT2D eigenvalue weighted by atomic mass is 32.1. The van der Waals surface area contributed by atoms with Crippen LogP contribution in [-0.4, -0.2) is 58.1 Å².